The second-order valence-corrected chi connectivity index (χ2v) is 7.45. The normalized spacial score (nSPS) is 18.4. The number of halogens is 4. The van der Waals surface area contributed by atoms with Gasteiger partial charge in [-0.2, -0.15) is 13.2 Å². The molecule has 0 radical (unpaired) electrons. The van der Waals surface area contributed by atoms with Crippen molar-refractivity contribution in [3.05, 3.63) is 64.7 Å². The van der Waals surface area contributed by atoms with Crippen molar-refractivity contribution in [1.82, 2.24) is 4.90 Å². The summed E-state index contributed by atoms with van der Waals surface area (Å²) in [5.74, 6) is 0.882. The van der Waals surface area contributed by atoms with Crippen molar-refractivity contribution in [3.8, 4) is 5.75 Å². The molecule has 0 saturated carbocycles. The van der Waals surface area contributed by atoms with E-state index in [2.05, 4.69) is 17.0 Å². The molecule has 2 aromatic rings. The van der Waals surface area contributed by atoms with Crippen molar-refractivity contribution in [2.75, 3.05) is 26.2 Å². The predicted octanol–water partition coefficient (Wildman–Crippen LogP) is 5.69. The van der Waals surface area contributed by atoms with E-state index in [4.69, 9.17) is 16.3 Å². The second kappa shape index (κ2) is 8.98. The third kappa shape index (κ3) is 6.15. The zero-order valence-electron chi connectivity index (χ0n) is 15.0. The van der Waals surface area contributed by atoms with Crippen LogP contribution in [0.5, 0.6) is 5.75 Å². The van der Waals surface area contributed by atoms with Crippen LogP contribution in [-0.4, -0.2) is 31.1 Å². The van der Waals surface area contributed by atoms with Crippen LogP contribution in [0.2, 0.25) is 5.02 Å². The Kier molecular flexibility index (Phi) is 6.66. The highest BCUT2D eigenvalue weighted by Gasteiger charge is 2.30. The lowest BCUT2D eigenvalue weighted by molar-refractivity contribution is -0.137. The van der Waals surface area contributed by atoms with Gasteiger partial charge >= 0.3 is 6.18 Å². The van der Waals surface area contributed by atoms with E-state index in [0.717, 1.165) is 56.1 Å². The molecule has 0 amide bonds. The van der Waals surface area contributed by atoms with E-state index in [1.54, 1.807) is 0 Å². The molecule has 1 fully saturated rings. The van der Waals surface area contributed by atoms with Crippen molar-refractivity contribution >= 4 is 11.6 Å². The highest BCUT2D eigenvalue weighted by molar-refractivity contribution is 6.30. The summed E-state index contributed by atoms with van der Waals surface area (Å²) in [7, 11) is 0. The minimum atomic E-state index is -4.31. The van der Waals surface area contributed by atoms with Gasteiger partial charge in [-0.05, 0) is 67.8 Å². The van der Waals surface area contributed by atoms with Gasteiger partial charge < -0.3 is 9.64 Å². The maximum Gasteiger partial charge on any atom is 0.416 e. The Hall–Kier alpha value is -1.72. The van der Waals surface area contributed by atoms with Crippen LogP contribution >= 0.6 is 11.6 Å². The summed E-state index contributed by atoms with van der Waals surface area (Å²) in [6.45, 7) is 3.54. The summed E-state index contributed by atoms with van der Waals surface area (Å²) < 4.78 is 43.5. The molecule has 0 bridgehead atoms. The molecule has 0 aliphatic carbocycles. The predicted molar refractivity (Wildman–Crippen MR) is 101 cm³/mol. The first-order valence-electron chi connectivity index (χ1n) is 9.17. The van der Waals surface area contributed by atoms with Gasteiger partial charge in [-0.25, -0.2) is 0 Å². The van der Waals surface area contributed by atoms with Gasteiger partial charge in [0.15, 0.2) is 0 Å². The largest absolute Gasteiger partial charge is 0.493 e. The molecule has 1 aliphatic rings. The SMILES string of the molecule is FC(F)(F)c1ccc(OCC2CCCN(CCc3ccc(Cl)cc3)C2)cc1. The zero-order valence-corrected chi connectivity index (χ0v) is 15.8. The summed E-state index contributed by atoms with van der Waals surface area (Å²) in [6.07, 6.45) is -1.14. The quantitative estimate of drug-likeness (QED) is 0.620. The van der Waals surface area contributed by atoms with E-state index in [9.17, 15) is 13.2 Å². The molecule has 1 unspecified atom stereocenters. The van der Waals surface area contributed by atoms with Gasteiger partial charge in [0.05, 0.1) is 12.2 Å². The maximum atomic E-state index is 12.6. The Morgan fingerprint density at radius 3 is 2.41 bits per heavy atom. The minimum Gasteiger partial charge on any atom is -0.493 e. The molecule has 0 N–H and O–H groups in total. The monoisotopic (exact) mass is 397 g/mol. The molecular weight excluding hydrogens is 375 g/mol. The molecule has 1 aliphatic heterocycles. The molecule has 2 aromatic carbocycles. The van der Waals surface area contributed by atoms with E-state index >= 15 is 0 Å². The van der Waals surface area contributed by atoms with Gasteiger partial charge in [-0.3, -0.25) is 0 Å². The smallest absolute Gasteiger partial charge is 0.416 e. The zero-order chi connectivity index (χ0) is 19.3. The topological polar surface area (TPSA) is 12.5 Å². The van der Waals surface area contributed by atoms with E-state index in [1.165, 1.54) is 17.7 Å². The lowest BCUT2D eigenvalue weighted by Gasteiger charge is -2.32. The summed E-state index contributed by atoms with van der Waals surface area (Å²) in [4.78, 5) is 2.43. The number of hydrogen-bond acceptors (Lipinski definition) is 2. The standard InChI is InChI=1S/C21H23ClF3NO/c22-19-7-3-16(4-8-19)11-13-26-12-1-2-17(14-26)15-27-20-9-5-18(6-10-20)21(23,24)25/h3-10,17H,1-2,11-15H2. The Morgan fingerprint density at radius 2 is 1.74 bits per heavy atom. The number of likely N-dealkylation sites (tertiary alicyclic amines) is 1. The molecule has 2 nitrogen and oxygen atoms in total. The summed E-state index contributed by atoms with van der Waals surface area (Å²) in [6, 6.07) is 12.8. The Morgan fingerprint density at radius 1 is 1.04 bits per heavy atom. The van der Waals surface area contributed by atoms with Gasteiger partial charge in [0.1, 0.15) is 5.75 Å². The first kappa shape index (κ1) is 20.0. The summed E-state index contributed by atoms with van der Waals surface area (Å²) in [5, 5.41) is 0.747. The highest BCUT2D eigenvalue weighted by atomic mass is 35.5. The fourth-order valence-corrected chi connectivity index (χ4v) is 3.51. The third-order valence-corrected chi connectivity index (χ3v) is 5.15. The highest BCUT2D eigenvalue weighted by Crippen LogP contribution is 2.30. The number of alkyl halides is 3. The Balaban J connectivity index is 1.44. The molecule has 1 atom stereocenters. The number of piperidine rings is 1. The van der Waals surface area contributed by atoms with Gasteiger partial charge in [0, 0.05) is 24.0 Å². The molecule has 1 heterocycles. The average Bonchev–Trinajstić information content (AvgIpc) is 2.66. The van der Waals surface area contributed by atoms with Crippen LogP contribution in [0.1, 0.15) is 24.0 Å². The summed E-state index contributed by atoms with van der Waals surface area (Å²) >= 11 is 5.92. The van der Waals surface area contributed by atoms with Crippen LogP contribution < -0.4 is 4.74 Å². The molecule has 146 valence electrons. The molecule has 3 rings (SSSR count). The minimum absolute atomic E-state index is 0.395. The van der Waals surface area contributed by atoms with Crippen molar-refractivity contribution in [1.29, 1.82) is 0 Å². The van der Waals surface area contributed by atoms with Crippen LogP contribution in [0, 0.1) is 5.92 Å². The van der Waals surface area contributed by atoms with Crippen LogP contribution in [0.25, 0.3) is 0 Å². The maximum absolute atomic E-state index is 12.6. The number of nitrogens with zero attached hydrogens (tertiary/aromatic N) is 1. The molecular formula is C21H23ClF3NO. The average molecular weight is 398 g/mol. The van der Waals surface area contributed by atoms with Crippen molar-refractivity contribution in [2.24, 2.45) is 5.92 Å². The first-order chi connectivity index (χ1) is 12.9. The first-order valence-corrected chi connectivity index (χ1v) is 9.55. The number of ether oxygens (including phenoxy) is 1. The third-order valence-electron chi connectivity index (χ3n) is 4.90. The number of hydrogen-bond donors (Lipinski definition) is 0. The van der Waals surface area contributed by atoms with Gasteiger partial charge in [0.2, 0.25) is 0 Å². The van der Waals surface area contributed by atoms with Gasteiger partial charge in [-0.15, -0.1) is 0 Å². The van der Waals surface area contributed by atoms with E-state index in [0.29, 0.717) is 18.3 Å². The molecule has 27 heavy (non-hydrogen) atoms. The lowest BCUT2D eigenvalue weighted by atomic mass is 9.98. The van der Waals surface area contributed by atoms with E-state index in [1.807, 2.05) is 12.1 Å². The van der Waals surface area contributed by atoms with E-state index < -0.39 is 11.7 Å². The Labute approximate surface area is 162 Å². The van der Waals surface area contributed by atoms with E-state index in [-0.39, 0.29) is 0 Å². The number of rotatable bonds is 6. The van der Waals surface area contributed by atoms with Crippen molar-refractivity contribution in [2.45, 2.75) is 25.4 Å². The fourth-order valence-electron chi connectivity index (χ4n) is 3.38. The van der Waals surface area contributed by atoms with Gasteiger partial charge in [0.25, 0.3) is 0 Å². The summed E-state index contributed by atoms with van der Waals surface area (Å²) in [5.41, 5.74) is 0.614. The molecule has 6 heteroatoms. The van der Waals surface area contributed by atoms with Gasteiger partial charge in [-0.1, -0.05) is 23.7 Å². The van der Waals surface area contributed by atoms with Crippen LogP contribution in [0.4, 0.5) is 13.2 Å². The lowest BCUT2D eigenvalue weighted by Crippen LogP contribution is -2.38. The molecule has 1 saturated heterocycles. The van der Waals surface area contributed by atoms with Crippen LogP contribution in [0.15, 0.2) is 48.5 Å². The number of benzene rings is 2. The second-order valence-electron chi connectivity index (χ2n) is 7.02. The van der Waals surface area contributed by atoms with Crippen molar-refractivity contribution in [3.63, 3.8) is 0 Å². The van der Waals surface area contributed by atoms with Crippen LogP contribution in [-0.2, 0) is 12.6 Å². The Bertz CT molecular complexity index is 716. The fraction of sp³-hybridized carbons (Fsp3) is 0.429. The molecule has 0 aromatic heterocycles. The van der Waals surface area contributed by atoms with Crippen LogP contribution in [0.3, 0.4) is 0 Å². The molecule has 0 spiro atoms. The van der Waals surface area contributed by atoms with Crippen molar-refractivity contribution < 1.29 is 17.9 Å².